The molecule has 3 aromatic rings. The standard InChI is InChI=1S/C24H31N3O4/c1-6-16(2)15-27-19-10-8-7-9-18(19)26-22(27)11-12-25-24(28)17-13-20(29-3)23(31-5)21(14-17)30-4/h7-10,13-14,16H,6,11-12,15H2,1-5H3,(H,25,28). The second-order valence-electron chi connectivity index (χ2n) is 7.56. The Morgan fingerprint density at radius 1 is 1.10 bits per heavy atom. The van der Waals surface area contributed by atoms with Crippen molar-refractivity contribution in [2.75, 3.05) is 27.9 Å². The molecule has 7 heteroatoms. The first-order valence-corrected chi connectivity index (χ1v) is 10.5. The fourth-order valence-electron chi connectivity index (χ4n) is 3.56. The van der Waals surface area contributed by atoms with Gasteiger partial charge in [0.2, 0.25) is 5.75 Å². The highest BCUT2D eigenvalue weighted by molar-refractivity contribution is 5.95. The van der Waals surface area contributed by atoms with Crippen LogP contribution in [0.3, 0.4) is 0 Å². The van der Waals surface area contributed by atoms with E-state index in [-0.39, 0.29) is 5.91 Å². The Labute approximate surface area is 183 Å². The van der Waals surface area contributed by atoms with Crippen LogP contribution in [-0.4, -0.2) is 43.3 Å². The lowest BCUT2D eigenvalue weighted by Crippen LogP contribution is -2.26. The average molecular weight is 426 g/mol. The molecule has 31 heavy (non-hydrogen) atoms. The number of hydrogen-bond donors (Lipinski definition) is 1. The first-order valence-electron chi connectivity index (χ1n) is 10.5. The van der Waals surface area contributed by atoms with Crippen molar-refractivity contribution in [3.63, 3.8) is 0 Å². The lowest BCUT2D eigenvalue weighted by atomic mass is 10.1. The van der Waals surface area contributed by atoms with E-state index >= 15 is 0 Å². The molecule has 0 saturated carbocycles. The fraction of sp³-hybridized carbons (Fsp3) is 0.417. The summed E-state index contributed by atoms with van der Waals surface area (Å²) in [6, 6.07) is 11.5. The first-order chi connectivity index (χ1) is 15.0. The maximum Gasteiger partial charge on any atom is 0.251 e. The topological polar surface area (TPSA) is 74.6 Å². The maximum atomic E-state index is 12.8. The van der Waals surface area contributed by atoms with Crippen LogP contribution in [0.2, 0.25) is 0 Å². The van der Waals surface area contributed by atoms with E-state index in [0.717, 1.165) is 29.8 Å². The summed E-state index contributed by atoms with van der Waals surface area (Å²) in [5.74, 6) is 2.67. The number of amides is 1. The number of carbonyl (C=O) groups excluding carboxylic acids is 1. The zero-order valence-electron chi connectivity index (χ0n) is 18.9. The van der Waals surface area contributed by atoms with Crippen LogP contribution in [0.25, 0.3) is 11.0 Å². The van der Waals surface area contributed by atoms with Crippen LogP contribution in [0.5, 0.6) is 17.2 Å². The fourth-order valence-corrected chi connectivity index (χ4v) is 3.56. The number of nitrogens with one attached hydrogen (secondary N) is 1. The zero-order valence-corrected chi connectivity index (χ0v) is 18.9. The van der Waals surface area contributed by atoms with Crippen LogP contribution in [-0.2, 0) is 13.0 Å². The second-order valence-corrected chi connectivity index (χ2v) is 7.56. The third-order valence-electron chi connectivity index (χ3n) is 5.49. The van der Waals surface area contributed by atoms with E-state index in [4.69, 9.17) is 19.2 Å². The number of para-hydroxylation sites is 2. The second kappa shape index (κ2) is 10.2. The highest BCUT2D eigenvalue weighted by Gasteiger charge is 2.17. The van der Waals surface area contributed by atoms with Gasteiger partial charge in [-0.2, -0.15) is 0 Å². The number of carbonyl (C=O) groups is 1. The monoisotopic (exact) mass is 425 g/mol. The van der Waals surface area contributed by atoms with Crippen LogP contribution in [0.15, 0.2) is 36.4 Å². The van der Waals surface area contributed by atoms with Gasteiger partial charge in [-0.1, -0.05) is 32.4 Å². The van der Waals surface area contributed by atoms with Crippen molar-refractivity contribution < 1.29 is 19.0 Å². The molecule has 3 rings (SSSR count). The van der Waals surface area contributed by atoms with E-state index in [1.54, 1.807) is 12.1 Å². The van der Waals surface area contributed by atoms with Crippen molar-refractivity contribution in [3.8, 4) is 17.2 Å². The summed E-state index contributed by atoms with van der Waals surface area (Å²) in [4.78, 5) is 17.6. The minimum Gasteiger partial charge on any atom is -0.493 e. The van der Waals surface area contributed by atoms with E-state index in [1.165, 1.54) is 21.3 Å². The van der Waals surface area contributed by atoms with Gasteiger partial charge in [-0.25, -0.2) is 4.98 Å². The molecular weight excluding hydrogens is 394 g/mol. The summed E-state index contributed by atoms with van der Waals surface area (Å²) in [7, 11) is 4.59. The predicted molar refractivity (Wildman–Crippen MR) is 121 cm³/mol. The highest BCUT2D eigenvalue weighted by atomic mass is 16.5. The number of aromatic nitrogens is 2. The Hall–Kier alpha value is -3.22. The Balaban J connectivity index is 1.75. The molecule has 0 bridgehead atoms. The molecule has 0 aliphatic carbocycles. The Morgan fingerprint density at radius 3 is 2.39 bits per heavy atom. The van der Waals surface area contributed by atoms with Crippen LogP contribution in [0.4, 0.5) is 0 Å². The summed E-state index contributed by atoms with van der Waals surface area (Å²) in [6.45, 7) is 5.82. The molecule has 0 radical (unpaired) electrons. The van der Waals surface area contributed by atoms with Crippen molar-refractivity contribution in [2.24, 2.45) is 5.92 Å². The minimum absolute atomic E-state index is 0.205. The third-order valence-corrected chi connectivity index (χ3v) is 5.49. The number of nitrogens with zero attached hydrogens (tertiary/aromatic N) is 2. The molecule has 1 N–H and O–H groups in total. The van der Waals surface area contributed by atoms with Crippen molar-refractivity contribution in [1.82, 2.24) is 14.9 Å². The van der Waals surface area contributed by atoms with Gasteiger partial charge in [-0.15, -0.1) is 0 Å². The van der Waals surface area contributed by atoms with Crippen molar-refractivity contribution in [2.45, 2.75) is 33.2 Å². The molecule has 1 unspecified atom stereocenters. The van der Waals surface area contributed by atoms with Crippen molar-refractivity contribution in [3.05, 3.63) is 47.8 Å². The number of hydrogen-bond acceptors (Lipinski definition) is 5. The lowest BCUT2D eigenvalue weighted by Gasteiger charge is -2.15. The molecule has 0 fully saturated rings. The molecule has 0 spiro atoms. The Morgan fingerprint density at radius 2 is 1.77 bits per heavy atom. The number of imidazole rings is 1. The summed E-state index contributed by atoms with van der Waals surface area (Å²) >= 11 is 0. The van der Waals surface area contributed by atoms with Crippen molar-refractivity contribution in [1.29, 1.82) is 0 Å². The summed E-state index contributed by atoms with van der Waals surface area (Å²) < 4.78 is 18.3. The largest absolute Gasteiger partial charge is 0.493 e. The van der Waals surface area contributed by atoms with Gasteiger partial charge < -0.3 is 24.1 Å². The molecule has 1 heterocycles. The summed E-state index contributed by atoms with van der Waals surface area (Å²) in [5.41, 5.74) is 2.56. The van der Waals surface area contributed by atoms with Gasteiger partial charge in [0.15, 0.2) is 11.5 Å². The molecule has 2 aromatic carbocycles. The van der Waals surface area contributed by atoms with Crippen LogP contribution in [0.1, 0.15) is 36.5 Å². The molecule has 0 aliphatic heterocycles. The van der Waals surface area contributed by atoms with E-state index in [9.17, 15) is 4.79 Å². The number of fused-ring (bicyclic) bond motifs is 1. The van der Waals surface area contributed by atoms with E-state index in [0.29, 0.717) is 41.7 Å². The molecule has 7 nitrogen and oxygen atoms in total. The van der Waals surface area contributed by atoms with Crippen LogP contribution < -0.4 is 19.5 Å². The number of methoxy groups -OCH3 is 3. The Kier molecular flexibility index (Phi) is 7.39. The zero-order chi connectivity index (χ0) is 22.4. The van der Waals surface area contributed by atoms with Gasteiger partial charge in [0.1, 0.15) is 5.82 Å². The van der Waals surface area contributed by atoms with Gasteiger partial charge in [0.05, 0.1) is 32.4 Å². The van der Waals surface area contributed by atoms with E-state index in [1.807, 2.05) is 18.2 Å². The van der Waals surface area contributed by atoms with Crippen molar-refractivity contribution >= 4 is 16.9 Å². The van der Waals surface area contributed by atoms with Gasteiger partial charge in [0, 0.05) is 25.1 Å². The maximum absolute atomic E-state index is 12.8. The Bertz CT molecular complexity index is 1020. The lowest BCUT2D eigenvalue weighted by molar-refractivity contribution is 0.0953. The molecule has 166 valence electrons. The summed E-state index contributed by atoms with van der Waals surface area (Å²) in [6.07, 6.45) is 1.74. The number of ether oxygens (including phenoxy) is 3. The molecule has 1 aromatic heterocycles. The molecule has 1 atom stereocenters. The number of benzene rings is 2. The molecule has 0 aliphatic rings. The van der Waals surface area contributed by atoms with Crippen LogP contribution >= 0.6 is 0 Å². The smallest absolute Gasteiger partial charge is 0.251 e. The quantitative estimate of drug-likeness (QED) is 0.530. The average Bonchev–Trinajstić information content (AvgIpc) is 3.14. The molecular formula is C24H31N3O4. The van der Waals surface area contributed by atoms with E-state index < -0.39 is 0 Å². The first kappa shape index (κ1) is 22.5. The highest BCUT2D eigenvalue weighted by Crippen LogP contribution is 2.38. The summed E-state index contributed by atoms with van der Waals surface area (Å²) in [5, 5.41) is 2.98. The van der Waals surface area contributed by atoms with Crippen LogP contribution in [0, 0.1) is 5.92 Å². The van der Waals surface area contributed by atoms with Gasteiger partial charge in [-0.05, 0) is 30.2 Å². The normalized spacial score (nSPS) is 11.9. The minimum atomic E-state index is -0.205. The van der Waals surface area contributed by atoms with Gasteiger partial charge in [0.25, 0.3) is 5.91 Å². The van der Waals surface area contributed by atoms with Gasteiger partial charge in [-0.3, -0.25) is 4.79 Å². The van der Waals surface area contributed by atoms with E-state index in [2.05, 4.69) is 29.8 Å². The van der Waals surface area contributed by atoms with Gasteiger partial charge >= 0.3 is 0 Å². The SMILES string of the molecule is CCC(C)Cn1c(CCNC(=O)c2cc(OC)c(OC)c(OC)c2)nc2ccccc21. The predicted octanol–water partition coefficient (Wildman–Crippen LogP) is 4.08. The molecule has 1 amide bonds. The number of rotatable bonds is 10. The third kappa shape index (κ3) is 4.93. The molecule has 0 saturated heterocycles.